The summed E-state index contributed by atoms with van der Waals surface area (Å²) in [7, 11) is 0. The Morgan fingerprint density at radius 1 is 1.31 bits per heavy atom. The molecule has 0 aliphatic rings. The Labute approximate surface area is 109 Å². The van der Waals surface area contributed by atoms with Crippen molar-refractivity contribution in [3.05, 3.63) is 50.1 Å². The molecule has 0 spiro atoms. The Morgan fingerprint density at radius 3 is 2.75 bits per heavy atom. The third-order valence-corrected chi connectivity index (χ3v) is 3.95. The fraction of sp³-hybridized carbons (Fsp3) is 0.231. The highest BCUT2D eigenvalue weighted by molar-refractivity contribution is 9.10. The number of rotatable bonds is 3. The molecule has 0 saturated carbocycles. The summed E-state index contributed by atoms with van der Waals surface area (Å²) >= 11 is 5.38. The highest BCUT2D eigenvalue weighted by Gasteiger charge is 2.04. The smallest absolute Gasteiger partial charge is 0.0517 e. The normalized spacial score (nSPS) is 10.4. The Balaban J connectivity index is 2.15. The van der Waals surface area contributed by atoms with Crippen molar-refractivity contribution in [3.8, 4) is 0 Å². The Morgan fingerprint density at radius 2 is 2.12 bits per heavy atom. The molecule has 1 aromatic heterocycles. The summed E-state index contributed by atoms with van der Waals surface area (Å²) in [6.07, 6.45) is 0. The first-order valence-electron chi connectivity index (χ1n) is 5.20. The fourth-order valence-corrected chi connectivity index (χ4v) is 3.19. The molecular formula is C13H14BrNS. The van der Waals surface area contributed by atoms with Gasteiger partial charge in [-0.25, -0.2) is 0 Å². The second-order valence-corrected chi connectivity index (χ2v) is 5.76. The SMILES string of the molecule is Cc1cc(C)c(NCc2cccs2)c(Br)c1. The number of aryl methyl sites for hydroxylation is 2. The van der Waals surface area contributed by atoms with Crippen molar-refractivity contribution in [3.63, 3.8) is 0 Å². The maximum absolute atomic E-state index is 3.60. The summed E-state index contributed by atoms with van der Waals surface area (Å²) in [5.74, 6) is 0. The molecule has 2 rings (SSSR count). The van der Waals surface area contributed by atoms with E-state index < -0.39 is 0 Å². The summed E-state index contributed by atoms with van der Waals surface area (Å²) in [5, 5.41) is 5.58. The van der Waals surface area contributed by atoms with Gasteiger partial charge in [-0.15, -0.1) is 11.3 Å². The predicted octanol–water partition coefficient (Wildman–Crippen LogP) is 4.74. The summed E-state index contributed by atoms with van der Waals surface area (Å²) in [6, 6.07) is 8.57. The van der Waals surface area contributed by atoms with Crippen LogP contribution in [0.4, 0.5) is 5.69 Å². The topological polar surface area (TPSA) is 12.0 Å². The molecule has 0 aliphatic heterocycles. The Kier molecular flexibility index (Phi) is 3.66. The van der Waals surface area contributed by atoms with E-state index in [-0.39, 0.29) is 0 Å². The van der Waals surface area contributed by atoms with Crippen LogP contribution < -0.4 is 5.32 Å². The molecule has 2 aromatic rings. The van der Waals surface area contributed by atoms with Gasteiger partial charge in [-0.1, -0.05) is 12.1 Å². The van der Waals surface area contributed by atoms with E-state index in [9.17, 15) is 0 Å². The number of anilines is 1. The maximum Gasteiger partial charge on any atom is 0.0517 e. The molecule has 1 nitrogen and oxygen atoms in total. The first-order chi connectivity index (χ1) is 7.66. The molecule has 0 atom stereocenters. The monoisotopic (exact) mass is 295 g/mol. The molecule has 16 heavy (non-hydrogen) atoms. The van der Waals surface area contributed by atoms with E-state index in [0.717, 1.165) is 11.0 Å². The van der Waals surface area contributed by atoms with Crippen LogP contribution in [0.1, 0.15) is 16.0 Å². The van der Waals surface area contributed by atoms with Gasteiger partial charge in [0.25, 0.3) is 0 Å². The van der Waals surface area contributed by atoms with Crippen molar-refractivity contribution in [2.75, 3.05) is 5.32 Å². The first-order valence-corrected chi connectivity index (χ1v) is 6.87. The summed E-state index contributed by atoms with van der Waals surface area (Å²) in [4.78, 5) is 1.35. The van der Waals surface area contributed by atoms with Gasteiger partial charge in [-0.05, 0) is 58.4 Å². The molecule has 0 fully saturated rings. The third kappa shape index (κ3) is 2.66. The predicted molar refractivity (Wildman–Crippen MR) is 75.3 cm³/mol. The van der Waals surface area contributed by atoms with Crippen LogP contribution in [0.25, 0.3) is 0 Å². The minimum atomic E-state index is 0.889. The summed E-state index contributed by atoms with van der Waals surface area (Å²) in [5.41, 5.74) is 3.76. The van der Waals surface area contributed by atoms with Crippen molar-refractivity contribution < 1.29 is 0 Å². The van der Waals surface area contributed by atoms with E-state index in [0.29, 0.717) is 0 Å². The van der Waals surface area contributed by atoms with Gasteiger partial charge >= 0.3 is 0 Å². The lowest BCUT2D eigenvalue weighted by Crippen LogP contribution is -2.00. The molecule has 0 bridgehead atoms. The van der Waals surface area contributed by atoms with Gasteiger partial charge < -0.3 is 5.32 Å². The van der Waals surface area contributed by atoms with Crippen molar-refractivity contribution in [2.24, 2.45) is 0 Å². The average molecular weight is 296 g/mol. The zero-order chi connectivity index (χ0) is 11.5. The Hall–Kier alpha value is -0.800. The highest BCUT2D eigenvalue weighted by atomic mass is 79.9. The van der Waals surface area contributed by atoms with Crippen LogP contribution in [0.15, 0.2) is 34.1 Å². The lowest BCUT2D eigenvalue weighted by Gasteiger charge is -2.12. The van der Waals surface area contributed by atoms with Crippen molar-refractivity contribution in [2.45, 2.75) is 20.4 Å². The standard InChI is InChI=1S/C13H14BrNS/c1-9-6-10(2)13(12(14)7-9)15-8-11-4-3-5-16-11/h3-7,15H,8H2,1-2H3. The zero-order valence-electron chi connectivity index (χ0n) is 9.38. The number of hydrogen-bond donors (Lipinski definition) is 1. The van der Waals surface area contributed by atoms with Crippen LogP contribution >= 0.6 is 27.3 Å². The quantitative estimate of drug-likeness (QED) is 0.862. The van der Waals surface area contributed by atoms with Crippen LogP contribution in [0.3, 0.4) is 0 Å². The second kappa shape index (κ2) is 5.02. The Bertz CT molecular complexity index is 454. The molecular weight excluding hydrogens is 282 g/mol. The molecule has 1 heterocycles. The van der Waals surface area contributed by atoms with Crippen molar-refractivity contribution >= 4 is 33.0 Å². The third-order valence-electron chi connectivity index (χ3n) is 2.45. The second-order valence-electron chi connectivity index (χ2n) is 3.87. The van der Waals surface area contributed by atoms with E-state index in [1.54, 1.807) is 11.3 Å². The van der Waals surface area contributed by atoms with Crippen LogP contribution in [0.2, 0.25) is 0 Å². The first kappa shape index (κ1) is 11.7. The number of thiophene rings is 1. The largest absolute Gasteiger partial charge is 0.379 e. The van der Waals surface area contributed by atoms with E-state index in [4.69, 9.17) is 0 Å². The molecule has 1 N–H and O–H groups in total. The van der Waals surface area contributed by atoms with Gasteiger partial charge in [0.05, 0.1) is 5.69 Å². The number of nitrogens with one attached hydrogen (secondary N) is 1. The number of benzene rings is 1. The molecule has 0 unspecified atom stereocenters. The summed E-state index contributed by atoms with van der Waals surface area (Å²) in [6.45, 7) is 5.13. The zero-order valence-corrected chi connectivity index (χ0v) is 11.8. The van der Waals surface area contributed by atoms with E-state index in [1.165, 1.54) is 21.7 Å². The van der Waals surface area contributed by atoms with Crippen LogP contribution in [-0.4, -0.2) is 0 Å². The maximum atomic E-state index is 3.60. The number of hydrogen-bond acceptors (Lipinski definition) is 2. The van der Waals surface area contributed by atoms with Gasteiger partial charge in [-0.2, -0.15) is 0 Å². The lowest BCUT2D eigenvalue weighted by atomic mass is 10.1. The van der Waals surface area contributed by atoms with E-state index >= 15 is 0 Å². The van der Waals surface area contributed by atoms with Gasteiger partial charge in [0.2, 0.25) is 0 Å². The van der Waals surface area contributed by atoms with Crippen LogP contribution in [0.5, 0.6) is 0 Å². The van der Waals surface area contributed by atoms with Gasteiger partial charge in [0.15, 0.2) is 0 Å². The minimum absolute atomic E-state index is 0.889. The van der Waals surface area contributed by atoms with Crippen LogP contribution in [0, 0.1) is 13.8 Å². The van der Waals surface area contributed by atoms with Gasteiger partial charge in [0, 0.05) is 15.9 Å². The molecule has 0 saturated heterocycles. The average Bonchev–Trinajstić information content (AvgIpc) is 2.68. The molecule has 1 aromatic carbocycles. The van der Waals surface area contributed by atoms with Crippen LogP contribution in [-0.2, 0) is 6.54 Å². The highest BCUT2D eigenvalue weighted by Crippen LogP contribution is 2.28. The molecule has 0 aliphatic carbocycles. The number of halogens is 1. The lowest BCUT2D eigenvalue weighted by molar-refractivity contribution is 1.17. The molecule has 84 valence electrons. The van der Waals surface area contributed by atoms with Gasteiger partial charge in [-0.3, -0.25) is 0 Å². The van der Waals surface area contributed by atoms with Crippen molar-refractivity contribution in [1.29, 1.82) is 0 Å². The molecule has 0 amide bonds. The fourth-order valence-electron chi connectivity index (χ4n) is 1.73. The minimum Gasteiger partial charge on any atom is -0.379 e. The summed E-state index contributed by atoms with van der Waals surface area (Å²) < 4.78 is 1.14. The van der Waals surface area contributed by atoms with Crippen molar-refractivity contribution in [1.82, 2.24) is 0 Å². The molecule has 0 radical (unpaired) electrons. The van der Waals surface area contributed by atoms with E-state index in [2.05, 4.69) is 64.7 Å². The van der Waals surface area contributed by atoms with E-state index in [1.807, 2.05) is 0 Å². The molecule has 3 heteroatoms. The van der Waals surface area contributed by atoms with Gasteiger partial charge in [0.1, 0.15) is 0 Å².